The van der Waals surface area contributed by atoms with E-state index in [4.69, 9.17) is 9.47 Å². The zero-order valence-electron chi connectivity index (χ0n) is 20.1. The van der Waals surface area contributed by atoms with Crippen LogP contribution in [0.2, 0.25) is 0 Å². The van der Waals surface area contributed by atoms with Gasteiger partial charge in [-0.25, -0.2) is 0 Å². The molecule has 0 spiro atoms. The van der Waals surface area contributed by atoms with Crippen molar-refractivity contribution >= 4 is 5.91 Å². The molecule has 1 heterocycles. The fourth-order valence-corrected chi connectivity index (χ4v) is 4.85. The second-order valence-corrected chi connectivity index (χ2v) is 8.96. The summed E-state index contributed by atoms with van der Waals surface area (Å²) in [4.78, 5) is 17.9. The van der Waals surface area contributed by atoms with E-state index in [1.165, 1.54) is 32.1 Å². The van der Waals surface area contributed by atoms with E-state index in [1.54, 1.807) is 20.4 Å². The Hall–Kier alpha value is -3.34. The van der Waals surface area contributed by atoms with E-state index in [2.05, 4.69) is 34.6 Å². The van der Waals surface area contributed by atoms with Crippen LogP contribution in [0.3, 0.4) is 0 Å². The number of nitrogens with one attached hydrogen (secondary N) is 1. The molecular weight excluding hydrogens is 424 g/mol. The number of hydrogen-bond acceptors (Lipinski definition) is 4. The molecular formula is C29H34N2O3. The van der Waals surface area contributed by atoms with Gasteiger partial charge in [0.1, 0.15) is 11.5 Å². The summed E-state index contributed by atoms with van der Waals surface area (Å²) in [6, 6.07) is 18.1. The third-order valence-corrected chi connectivity index (χ3v) is 6.75. The molecule has 1 saturated carbocycles. The molecule has 5 nitrogen and oxygen atoms in total. The highest BCUT2D eigenvalue weighted by Gasteiger charge is 2.24. The molecule has 0 aliphatic heterocycles. The minimum Gasteiger partial charge on any atom is -0.497 e. The molecule has 1 aliphatic carbocycles. The molecule has 34 heavy (non-hydrogen) atoms. The standard InChI is InChI=1S/C29H34N2O3/c1-33-24-14-10-21(11-15-24)28(22-12-16-25(34-2)17-13-22)27-20-30-19-18-26(27)29(32)31-23-8-6-4-3-5-7-9-23/h10-20,23,28H,3-9H2,1-2H3,(H,31,32). The van der Waals surface area contributed by atoms with Crippen LogP contribution >= 0.6 is 0 Å². The molecule has 4 rings (SSSR count). The molecule has 1 aromatic heterocycles. The molecule has 0 radical (unpaired) electrons. The number of carbonyl (C=O) groups excluding carboxylic acids is 1. The monoisotopic (exact) mass is 458 g/mol. The maximum Gasteiger partial charge on any atom is 0.251 e. The van der Waals surface area contributed by atoms with Gasteiger partial charge in [-0.3, -0.25) is 9.78 Å². The first kappa shape index (κ1) is 23.8. The van der Waals surface area contributed by atoms with Gasteiger partial charge in [0.05, 0.1) is 14.2 Å². The third kappa shape index (κ3) is 5.77. The van der Waals surface area contributed by atoms with E-state index < -0.39 is 0 Å². The number of amides is 1. The highest BCUT2D eigenvalue weighted by Crippen LogP contribution is 2.35. The highest BCUT2D eigenvalue weighted by molar-refractivity contribution is 5.96. The first-order valence-electron chi connectivity index (χ1n) is 12.2. The second-order valence-electron chi connectivity index (χ2n) is 8.96. The Balaban J connectivity index is 1.70. The Morgan fingerprint density at radius 3 is 1.88 bits per heavy atom. The second kappa shape index (κ2) is 11.7. The summed E-state index contributed by atoms with van der Waals surface area (Å²) in [5.74, 6) is 1.43. The Labute approximate surface area is 202 Å². The summed E-state index contributed by atoms with van der Waals surface area (Å²) >= 11 is 0. The third-order valence-electron chi connectivity index (χ3n) is 6.75. The predicted molar refractivity (Wildman–Crippen MR) is 135 cm³/mol. The largest absolute Gasteiger partial charge is 0.497 e. The van der Waals surface area contributed by atoms with Crippen molar-refractivity contribution in [1.82, 2.24) is 10.3 Å². The van der Waals surface area contributed by atoms with Crippen molar-refractivity contribution in [2.24, 2.45) is 0 Å². The maximum absolute atomic E-state index is 13.5. The summed E-state index contributed by atoms with van der Waals surface area (Å²) < 4.78 is 10.7. The van der Waals surface area contributed by atoms with Crippen LogP contribution in [-0.4, -0.2) is 31.2 Å². The van der Waals surface area contributed by atoms with E-state index in [-0.39, 0.29) is 17.9 Å². The topological polar surface area (TPSA) is 60.5 Å². The predicted octanol–water partition coefficient (Wildman–Crippen LogP) is 6.12. The van der Waals surface area contributed by atoms with E-state index in [1.807, 2.05) is 36.5 Å². The molecule has 1 amide bonds. The van der Waals surface area contributed by atoms with Crippen molar-refractivity contribution in [1.29, 1.82) is 0 Å². The SMILES string of the molecule is COc1ccc(C(c2ccc(OC)cc2)c2cnccc2C(=O)NC2CCCCCCC2)cc1. The van der Waals surface area contributed by atoms with Gasteiger partial charge in [-0.1, -0.05) is 56.4 Å². The number of hydrogen-bond donors (Lipinski definition) is 1. The quantitative estimate of drug-likeness (QED) is 0.463. The van der Waals surface area contributed by atoms with Gasteiger partial charge in [0.2, 0.25) is 0 Å². The van der Waals surface area contributed by atoms with Crippen LogP contribution in [0.15, 0.2) is 67.0 Å². The van der Waals surface area contributed by atoms with Crippen LogP contribution in [0.1, 0.15) is 77.9 Å². The van der Waals surface area contributed by atoms with Crippen LogP contribution in [-0.2, 0) is 0 Å². The summed E-state index contributed by atoms with van der Waals surface area (Å²) in [6.07, 6.45) is 11.8. The maximum atomic E-state index is 13.5. The molecule has 5 heteroatoms. The Kier molecular flexibility index (Phi) is 8.18. The number of benzene rings is 2. The van der Waals surface area contributed by atoms with Crippen LogP contribution in [0.25, 0.3) is 0 Å². The first-order chi connectivity index (χ1) is 16.7. The van der Waals surface area contributed by atoms with E-state index >= 15 is 0 Å². The smallest absolute Gasteiger partial charge is 0.251 e. The van der Waals surface area contributed by atoms with Crippen LogP contribution < -0.4 is 14.8 Å². The lowest BCUT2D eigenvalue weighted by atomic mass is 9.83. The molecule has 0 bridgehead atoms. The van der Waals surface area contributed by atoms with Gasteiger partial charge in [-0.2, -0.15) is 0 Å². The lowest BCUT2D eigenvalue weighted by Crippen LogP contribution is -2.36. The number of methoxy groups -OCH3 is 2. The number of rotatable bonds is 7. The van der Waals surface area contributed by atoms with Crippen LogP contribution in [0, 0.1) is 0 Å². The minimum absolute atomic E-state index is 0.0185. The van der Waals surface area contributed by atoms with Crippen molar-refractivity contribution < 1.29 is 14.3 Å². The van der Waals surface area contributed by atoms with Gasteiger partial charge < -0.3 is 14.8 Å². The van der Waals surface area contributed by atoms with E-state index in [0.717, 1.165) is 41.0 Å². The zero-order chi connectivity index (χ0) is 23.8. The number of nitrogens with zero attached hydrogens (tertiary/aromatic N) is 1. The van der Waals surface area contributed by atoms with Gasteiger partial charge in [0.15, 0.2) is 0 Å². The average molecular weight is 459 g/mol. The molecule has 1 N–H and O–H groups in total. The number of carbonyl (C=O) groups is 1. The van der Waals surface area contributed by atoms with Crippen molar-refractivity contribution in [2.75, 3.05) is 14.2 Å². The van der Waals surface area contributed by atoms with E-state index in [0.29, 0.717) is 5.56 Å². The lowest BCUT2D eigenvalue weighted by Gasteiger charge is -2.24. The molecule has 2 aromatic carbocycles. The highest BCUT2D eigenvalue weighted by atomic mass is 16.5. The number of pyridine rings is 1. The van der Waals surface area contributed by atoms with Crippen LogP contribution in [0.4, 0.5) is 0 Å². The van der Waals surface area contributed by atoms with Gasteiger partial charge in [0.25, 0.3) is 5.91 Å². The molecule has 1 aliphatic rings. The van der Waals surface area contributed by atoms with Crippen molar-refractivity contribution in [2.45, 2.75) is 56.9 Å². The van der Waals surface area contributed by atoms with E-state index in [9.17, 15) is 4.79 Å². The fourth-order valence-electron chi connectivity index (χ4n) is 4.85. The van der Waals surface area contributed by atoms with Crippen LogP contribution in [0.5, 0.6) is 11.5 Å². The van der Waals surface area contributed by atoms with Crippen molar-refractivity contribution in [3.63, 3.8) is 0 Å². The summed E-state index contributed by atoms with van der Waals surface area (Å²) in [7, 11) is 3.32. The van der Waals surface area contributed by atoms with Crippen molar-refractivity contribution in [3.05, 3.63) is 89.2 Å². The van der Waals surface area contributed by atoms with Gasteiger partial charge in [0, 0.05) is 29.9 Å². The summed E-state index contributed by atoms with van der Waals surface area (Å²) in [5.41, 5.74) is 3.70. The molecule has 178 valence electrons. The molecule has 3 aromatic rings. The molecule has 1 fully saturated rings. The molecule has 0 saturated heterocycles. The zero-order valence-corrected chi connectivity index (χ0v) is 20.1. The summed E-state index contributed by atoms with van der Waals surface area (Å²) in [6.45, 7) is 0. The number of ether oxygens (including phenoxy) is 2. The summed E-state index contributed by atoms with van der Waals surface area (Å²) in [5, 5.41) is 3.33. The number of aromatic nitrogens is 1. The van der Waals surface area contributed by atoms with Gasteiger partial charge >= 0.3 is 0 Å². The van der Waals surface area contributed by atoms with Gasteiger partial charge in [-0.05, 0) is 59.9 Å². The Morgan fingerprint density at radius 1 is 0.824 bits per heavy atom. The minimum atomic E-state index is -0.149. The lowest BCUT2D eigenvalue weighted by molar-refractivity contribution is 0.0929. The fraction of sp³-hybridized carbons (Fsp3) is 0.379. The van der Waals surface area contributed by atoms with Crippen molar-refractivity contribution in [3.8, 4) is 11.5 Å². The Bertz CT molecular complexity index is 1010. The average Bonchev–Trinajstić information content (AvgIpc) is 2.87. The van der Waals surface area contributed by atoms with Gasteiger partial charge in [-0.15, -0.1) is 0 Å². The molecule has 0 unspecified atom stereocenters. The normalized spacial score (nSPS) is 14.8. The Morgan fingerprint density at radius 2 is 1.35 bits per heavy atom. The first-order valence-corrected chi connectivity index (χ1v) is 12.2. The molecule has 0 atom stereocenters.